The quantitative estimate of drug-likeness (QED) is 0.0428. The predicted octanol–water partition coefficient (Wildman–Crippen LogP) is 9.37. The van der Waals surface area contributed by atoms with Crippen LogP contribution in [0.4, 0.5) is 28.4 Å². The number of sulfonamides is 1. The summed E-state index contributed by atoms with van der Waals surface area (Å²) in [5.41, 5.74) is 6.19. The Hall–Kier alpha value is -5.76. The van der Waals surface area contributed by atoms with E-state index in [9.17, 15) is 23.3 Å². The molecule has 1 amide bonds. The summed E-state index contributed by atoms with van der Waals surface area (Å²) < 4.78 is 49.1. The third kappa shape index (κ3) is 12.3. The van der Waals surface area contributed by atoms with Gasteiger partial charge in [0.25, 0.3) is 21.6 Å². The molecular weight excluding hydrogens is 982 g/mol. The van der Waals surface area contributed by atoms with E-state index in [0.717, 1.165) is 93.5 Å². The van der Waals surface area contributed by atoms with Crippen molar-refractivity contribution in [1.82, 2.24) is 24.5 Å². The number of piperazine rings is 1. The highest BCUT2D eigenvalue weighted by Crippen LogP contribution is 2.46. The maximum Gasteiger partial charge on any atom is 0.293 e. The van der Waals surface area contributed by atoms with Crippen LogP contribution in [0.15, 0.2) is 89.5 Å². The van der Waals surface area contributed by atoms with E-state index in [1.165, 1.54) is 28.8 Å². The van der Waals surface area contributed by atoms with Crippen molar-refractivity contribution < 1.29 is 32.3 Å². The lowest BCUT2D eigenvalue weighted by molar-refractivity contribution is -0.384. The number of aromatic amines is 1. The minimum atomic E-state index is -4.63. The number of rotatable bonds is 18. The Morgan fingerprint density at radius 2 is 1.77 bits per heavy atom. The molecule has 1 unspecified atom stereocenters. The van der Waals surface area contributed by atoms with Gasteiger partial charge in [0, 0.05) is 92.8 Å². The molecule has 9 rings (SSSR count). The van der Waals surface area contributed by atoms with Crippen LogP contribution in [0.3, 0.4) is 0 Å². The van der Waals surface area contributed by atoms with E-state index in [-0.39, 0.29) is 29.1 Å². The summed E-state index contributed by atoms with van der Waals surface area (Å²) in [6, 6.07) is 21.2. The van der Waals surface area contributed by atoms with Crippen LogP contribution in [-0.2, 0) is 19.5 Å². The van der Waals surface area contributed by atoms with Crippen LogP contribution in [0, 0.1) is 26.9 Å². The Kier molecular flexibility index (Phi) is 15.9. The number of benzene rings is 3. The molecule has 2 saturated heterocycles. The Morgan fingerprint density at radius 3 is 2.50 bits per heavy atom. The molecule has 1 aliphatic carbocycles. The lowest BCUT2D eigenvalue weighted by Gasteiger charge is -2.43. The first-order chi connectivity index (χ1) is 35.3. The molecule has 19 heteroatoms. The van der Waals surface area contributed by atoms with Crippen molar-refractivity contribution in [3.05, 3.63) is 111 Å². The van der Waals surface area contributed by atoms with Crippen molar-refractivity contribution in [1.29, 1.82) is 0 Å². The summed E-state index contributed by atoms with van der Waals surface area (Å²) in [6.07, 6.45) is 6.12. The number of amides is 1. The van der Waals surface area contributed by atoms with Gasteiger partial charge in [0.05, 0.1) is 40.8 Å². The number of allylic oxidation sites excluding steroid dienone is 1. The SMILES string of the molecule is CN(C)CCOCC(C)(C)C1CN(c2cc(N3CCN(CC4=C(c5ccc(Cl)cc5)CC(C)(C)CC4)CC3)ccc2C(=O)NS(=O)(=O)c2ccc(NCC3CCOCC3)c([N+](=O)[O-])c2)c2cc3cc[nH]c3nc2O1. The lowest BCUT2D eigenvalue weighted by atomic mass is 9.72. The van der Waals surface area contributed by atoms with Gasteiger partial charge in [-0.15, -0.1) is 0 Å². The summed E-state index contributed by atoms with van der Waals surface area (Å²) in [4.78, 5) is 43.1. The van der Waals surface area contributed by atoms with Crippen molar-refractivity contribution in [2.45, 2.75) is 70.8 Å². The molecule has 0 spiro atoms. The van der Waals surface area contributed by atoms with Crippen molar-refractivity contribution >= 4 is 72.6 Å². The molecule has 2 aromatic heterocycles. The molecule has 4 aliphatic rings. The second-order valence-electron chi connectivity index (χ2n) is 22.0. The minimum Gasteiger partial charge on any atom is -0.470 e. The molecular formula is C55H70ClN9O8S. The minimum absolute atomic E-state index is 0.0860. The number of anilines is 4. The summed E-state index contributed by atoms with van der Waals surface area (Å²) in [5, 5.41) is 17.1. The van der Waals surface area contributed by atoms with Crippen LogP contribution in [0.25, 0.3) is 16.6 Å². The maximum atomic E-state index is 14.8. The van der Waals surface area contributed by atoms with Gasteiger partial charge in [-0.2, -0.15) is 4.98 Å². The van der Waals surface area contributed by atoms with Gasteiger partial charge in [-0.1, -0.05) is 57.0 Å². The van der Waals surface area contributed by atoms with E-state index in [1.54, 1.807) is 12.3 Å². The number of fused-ring (bicyclic) bond motifs is 2. The average Bonchev–Trinajstić information content (AvgIpc) is 3.84. The molecule has 3 aliphatic heterocycles. The van der Waals surface area contributed by atoms with Gasteiger partial charge in [0.2, 0.25) is 5.88 Å². The van der Waals surface area contributed by atoms with Gasteiger partial charge in [-0.25, -0.2) is 13.1 Å². The number of halogens is 1. The second-order valence-corrected chi connectivity index (χ2v) is 24.1. The highest BCUT2D eigenvalue weighted by atomic mass is 35.5. The van der Waals surface area contributed by atoms with Gasteiger partial charge < -0.3 is 39.2 Å². The Labute approximate surface area is 439 Å². The topological polar surface area (TPSA) is 188 Å². The first kappa shape index (κ1) is 53.1. The van der Waals surface area contributed by atoms with E-state index in [1.807, 2.05) is 55.4 Å². The van der Waals surface area contributed by atoms with Crippen LogP contribution in [0.2, 0.25) is 5.02 Å². The summed E-state index contributed by atoms with van der Waals surface area (Å²) >= 11 is 6.31. The second kappa shape index (κ2) is 22.2. The summed E-state index contributed by atoms with van der Waals surface area (Å²) in [7, 11) is -0.640. The number of carbonyl (C=O) groups excluding carboxylic acids is 1. The third-order valence-corrected chi connectivity index (χ3v) is 16.7. The third-order valence-electron chi connectivity index (χ3n) is 15.1. The van der Waals surface area contributed by atoms with Crippen LogP contribution < -0.4 is 24.6 Å². The number of hydrogen-bond acceptors (Lipinski definition) is 14. The summed E-state index contributed by atoms with van der Waals surface area (Å²) in [6.45, 7) is 16.4. The number of nitro groups is 1. The zero-order valence-corrected chi connectivity index (χ0v) is 45.0. The Balaban J connectivity index is 1.03. The van der Waals surface area contributed by atoms with Gasteiger partial charge in [-0.3, -0.25) is 19.8 Å². The Morgan fingerprint density at radius 1 is 1.01 bits per heavy atom. The van der Waals surface area contributed by atoms with Crippen LogP contribution >= 0.6 is 11.6 Å². The largest absolute Gasteiger partial charge is 0.470 e. The number of carbonyl (C=O) groups is 1. The smallest absolute Gasteiger partial charge is 0.293 e. The molecule has 17 nitrogen and oxygen atoms in total. The number of nitrogens with one attached hydrogen (secondary N) is 3. The van der Waals surface area contributed by atoms with Gasteiger partial charge >= 0.3 is 0 Å². The molecule has 0 bridgehead atoms. The van der Waals surface area contributed by atoms with Crippen LogP contribution in [0.1, 0.15) is 75.7 Å². The van der Waals surface area contributed by atoms with Crippen molar-refractivity contribution in [2.75, 3.05) is 108 Å². The number of nitrogens with zero attached hydrogens (tertiary/aromatic N) is 6. The fourth-order valence-corrected chi connectivity index (χ4v) is 11.5. The zero-order chi connectivity index (χ0) is 52.4. The lowest BCUT2D eigenvalue weighted by Crippen LogP contribution is -2.49. The maximum absolute atomic E-state index is 14.8. The fraction of sp³-hybridized carbons (Fsp3) is 0.491. The van der Waals surface area contributed by atoms with E-state index in [2.05, 4.69) is 69.6 Å². The van der Waals surface area contributed by atoms with Crippen LogP contribution in [0.5, 0.6) is 5.88 Å². The molecule has 0 radical (unpaired) electrons. The average molecular weight is 1050 g/mol. The number of hydrogen-bond donors (Lipinski definition) is 3. The fourth-order valence-electron chi connectivity index (χ4n) is 10.4. The van der Waals surface area contributed by atoms with Crippen molar-refractivity contribution in [3.63, 3.8) is 0 Å². The highest BCUT2D eigenvalue weighted by Gasteiger charge is 2.41. The molecule has 0 saturated carbocycles. The Bertz CT molecular complexity index is 2980. The molecule has 2 fully saturated rings. The molecule has 3 aromatic carbocycles. The molecule has 5 heterocycles. The standard InChI is InChI=1S/C55H70ClN9O8S/c1-54(2)19-15-40(45(32-54)38-7-9-41(56)10-8-38)34-62-21-23-63(24-22-62)42-11-13-44(52(66)60-74(69,70)43-12-14-46(48(31-43)65(67)68)58-33-37-17-26-71-27-18-37)47(30-42)64-35-50(55(3,4)36-72-28-25-61(5)6)73-53-49(64)29-39-16-20-57-51(39)59-53/h7-14,16,20,29-31,37,50,58H,15,17-19,21-28,32-36H2,1-6H3,(H,57,59)(H,60,66). The van der Waals surface area contributed by atoms with Crippen molar-refractivity contribution in [3.8, 4) is 5.88 Å². The number of aromatic nitrogens is 2. The first-order valence-electron chi connectivity index (χ1n) is 25.7. The normalized spacial score (nSPS) is 18.9. The van der Waals surface area contributed by atoms with E-state index >= 15 is 0 Å². The van der Waals surface area contributed by atoms with Crippen LogP contribution in [-0.4, -0.2) is 138 Å². The van der Waals surface area contributed by atoms with E-state index in [0.29, 0.717) is 55.9 Å². The molecule has 3 N–H and O–H groups in total. The number of ether oxygens (including phenoxy) is 3. The number of likely N-dealkylation sites (N-methyl/N-ethyl adjacent to an activating group) is 1. The number of pyridine rings is 1. The monoisotopic (exact) mass is 1050 g/mol. The molecule has 396 valence electrons. The highest BCUT2D eigenvalue weighted by molar-refractivity contribution is 7.90. The first-order valence-corrected chi connectivity index (χ1v) is 27.6. The van der Waals surface area contributed by atoms with Gasteiger partial charge in [0.15, 0.2) is 0 Å². The number of nitro benzene ring substituents is 1. The number of H-pyrrole nitrogens is 1. The predicted molar refractivity (Wildman–Crippen MR) is 292 cm³/mol. The summed E-state index contributed by atoms with van der Waals surface area (Å²) in [5.74, 6) is -0.284. The molecule has 1 atom stereocenters. The molecule has 74 heavy (non-hydrogen) atoms. The zero-order valence-electron chi connectivity index (χ0n) is 43.4. The van der Waals surface area contributed by atoms with E-state index in [4.69, 9.17) is 30.8 Å². The van der Waals surface area contributed by atoms with Crippen molar-refractivity contribution in [2.24, 2.45) is 16.7 Å². The van der Waals surface area contributed by atoms with Gasteiger partial charge in [-0.05, 0) is 123 Å². The van der Waals surface area contributed by atoms with E-state index < -0.39 is 43.0 Å². The molecule has 5 aromatic rings. The van der Waals surface area contributed by atoms with Gasteiger partial charge in [0.1, 0.15) is 23.1 Å².